The molecule has 0 saturated carbocycles. The number of hydrogen-bond acceptors (Lipinski definition) is 4. The van der Waals surface area contributed by atoms with Crippen LogP contribution in [0.2, 0.25) is 0 Å². The van der Waals surface area contributed by atoms with Crippen LogP contribution in [-0.4, -0.2) is 17.1 Å². The summed E-state index contributed by atoms with van der Waals surface area (Å²) in [5.41, 5.74) is 4.89. The van der Waals surface area contributed by atoms with Crippen molar-refractivity contribution in [3.05, 3.63) is 56.8 Å². The Labute approximate surface area is 164 Å². The first-order valence-corrected chi connectivity index (χ1v) is 9.65. The Morgan fingerprint density at radius 1 is 1.29 bits per heavy atom. The lowest BCUT2D eigenvalue weighted by Crippen LogP contribution is -2.31. The van der Waals surface area contributed by atoms with E-state index in [1.807, 2.05) is 13.8 Å². The summed E-state index contributed by atoms with van der Waals surface area (Å²) in [6, 6.07) is 4.76. The van der Waals surface area contributed by atoms with Gasteiger partial charge in [-0.2, -0.15) is 0 Å². The minimum Gasteiger partial charge on any atom is -0.352 e. The van der Waals surface area contributed by atoms with Gasteiger partial charge in [-0.3, -0.25) is 14.4 Å². The number of rotatable bonds is 5. The quantitative estimate of drug-likeness (QED) is 0.758. The van der Waals surface area contributed by atoms with Gasteiger partial charge in [-0.1, -0.05) is 19.9 Å². The van der Waals surface area contributed by atoms with Crippen molar-refractivity contribution < 1.29 is 14.0 Å². The van der Waals surface area contributed by atoms with Gasteiger partial charge in [0.2, 0.25) is 0 Å². The Bertz CT molecular complexity index is 922. The highest BCUT2D eigenvalue weighted by molar-refractivity contribution is 6.01. The molecule has 28 heavy (non-hydrogen) atoms. The van der Waals surface area contributed by atoms with Crippen LogP contribution in [0.15, 0.2) is 23.0 Å². The maximum Gasteiger partial charge on any atom is 0.278 e. The van der Waals surface area contributed by atoms with Crippen molar-refractivity contribution >= 4 is 17.3 Å². The van der Waals surface area contributed by atoms with E-state index in [4.69, 9.17) is 4.84 Å². The number of carbonyl (C=O) groups is 1. The molecule has 0 atom stereocenters. The Morgan fingerprint density at radius 3 is 2.64 bits per heavy atom. The van der Waals surface area contributed by atoms with Crippen LogP contribution in [0.25, 0.3) is 0 Å². The van der Waals surface area contributed by atoms with Crippen molar-refractivity contribution in [1.82, 2.24) is 10.0 Å². The number of pyridine rings is 1. The second-order valence-corrected chi connectivity index (χ2v) is 6.35. The second-order valence-electron chi connectivity index (χ2n) is 6.35. The molecule has 0 fully saturated rings. The fourth-order valence-electron chi connectivity index (χ4n) is 3.25. The van der Waals surface area contributed by atoms with E-state index in [2.05, 4.69) is 10.8 Å². The molecule has 0 unspecified atom stereocenters. The molecule has 152 valence electrons. The average Bonchev–Trinajstić information content (AvgIpc) is 3.17. The number of amides is 1. The molecule has 2 heterocycles. The van der Waals surface area contributed by atoms with Gasteiger partial charge < -0.3 is 9.88 Å². The molecule has 0 bridgehead atoms. The molecular formula is C21H28FN3O3. The molecule has 1 aromatic heterocycles. The summed E-state index contributed by atoms with van der Waals surface area (Å²) in [5.74, 6) is -0.892. The number of benzene rings is 1. The van der Waals surface area contributed by atoms with Crippen molar-refractivity contribution in [2.45, 2.75) is 54.0 Å². The highest BCUT2D eigenvalue weighted by Crippen LogP contribution is 2.30. The molecule has 1 aromatic carbocycles. The standard InChI is InChI=1S/C19H22FN3O3.C2H6/c1-4-26-22-18(24)16-15-6-5-9-23(15)19(25)12(3)17(16)21-14-8-7-11(2)10-13(14)20;1-2/h7-8,10,21H,4-6,9H2,1-3H3,(H,22,24);1-2H3. The van der Waals surface area contributed by atoms with Gasteiger partial charge in [0.05, 0.1) is 23.5 Å². The van der Waals surface area contributed by atoms with Crippen LogP contribution in [0, 0.1) is 19.7 Å². The first-order valence-electron chi connectivity index (χ1n) is 9.65. The third-order valence-electron chi connectivity index (χ3n) is 4.52. The maximum absolute atomic E-state index is 14.3. The number of fused-ring (bicyclic) bond motifs is 1. The largest absolute Gasteiger partial charge is 0.352 e. The van der Waals surface area contributed by atoms with E-state index in [-0.39, 0.29) is 11.2 Å². The molecule has 7 heteroatoms. The van der Waals surface area contributed by atoms with Gasteiger partial charge in [0.1, 0.15) is 5.82 Å². The van der Waals surface area contributed by atoms with Crippen LogP contribution in [0.4, 0.5) is 15.8 Å². The normalized spacial score (nSPS) is 12.1. The number of nitrogens with one attached hydrogen (secondary N) is 2. The van der Waals surface area contributed by atoms with Crippen molar-refractivity contribution in [3.8, 4) is 0 Å². The average molecular weight is 389 g/mol. The number of halogens is 1. The maximum atomic E-state index is 14.3. The van der Waals surface area contributed by atoms with E-state index >= 15 is 0 Å². The van der Waals surface area contributed by atoms with E-state index < -0.39 is 11.7 Å². The van der Waals surface area contributed by atoms with Crippen molar-refractivity contribution in [3.63, 3.8) is 0 Å². The third-order valence-corrected chi connectivity index (χ3v) is 4.52. The summed E-state index contributed by atoms with van der Waals surface area (Å²) in [6.45, 7) is 10.1. The molecule has 0 aliphatic carbocycles. The summed E-state index contributed by atoms with van der Waals surface area (Å²) in [7, 11) is 0. The number of aryl methyl sites for hydroxylation is 1. The number of anilines is 2. The van der Waals surface area contributed by atoms with Crippen LogP contribution in [-0.2, 0) is 17.8 Å². The second kappa shape index (κ2) is 9.50. The van der Waals surface area contributed by atoms with E-state index in [0.29, 0.717) is 42.1 Å². The lowest BCUT2D eigenvalue weighted by Gasteiger charge is -2.19. The Morgan fingerprint density at radius 2 is 2.00 bits per heavy atom. The van der Waals surface area contributed by atoms with Crippen LogP contribution in [0.3, 0.4) is 0 Å². The van der Waals surface area contributed by atoms with Gasteiger partial charge in [-0.15, -0.1) is 0 Å². The van der Waals surface area contributed by atoms with E-state index in [9.17, 15) is 14.0 Å². The van der Waals surface area contributed by atoms with Gasteiger partial charge in [-0.05, 0) is 51.3 Å². The molecule has 2 aromatic rings. The molecule has 2 N–H and O–H groups in total. The summed E-state index contributed by atoms with van der Waals surface area (Å²) in [6.07, 6.45) is 1.39. The van der Waals surface area contributed by atoms with E-state index in [1.165, 1.54) is 6.07 Å². The molecule has 1 aliphatic heterocycles. The zero-order valence-corrected chi connectivity index (χ0v) is 17.1. The summed E-state index contributed by atoms with van der Waals surface area (Å²) in [4.78, 5) is 30.4. The minimum absolute atomic E-state index is 0.166. The van der Waals surface area contributed by atoms with Crippen LogP contribution >= 0.6 is 0 Å². The van der Waals surface area contributed by atoms with Crippen LogP contribution in [0.5, 0.6) is 0 Å². The van der Waals surface area contributed by atoms with Gasteiger partial charge in [-0.25, -0.2) is 9.87 Å². The van der Waals surface area contributed by atoms with Gasteiger partial charge >= 0.3 is 0 Å². The predicted octanol–water partition coefficient (Wildman–Crippen LogP) is 4.00. The zero-order chi connectivity index (χ0) is 20.8. The monoisotopic (exact) mass is 389 g/mol. The number of carbonyl (C=O) groups excluding carboxylic acids is 1. The lowest BCUT2D eigenvalue weighted by molar-refractivity contribution is 0.0364. The number of hydroxylamine groups is 1. The number of hydrogen-bond donors (Lipinski definition) is 2. The Hall–Kier alpha value is -2.67. The van der Waals surface area contributed by atoms with Crippen LogP contribution < -0.4 is 16.4 Å². The minimum atomic E-state index is -0.449. The first kappa shape index (κ1) is 21.6. The highest BCUT2D eigenvalue weighted by atomic mass is 19.1. The fraction of sp³-hybridized carbons (Fsp3) is 0.429. The van der Waals surface area contributed by atoms with Crippen molar-refractivity contribution in [2.24, 2.45) is 0 Å². The van der Waals surface area contributed by atoms with Gasteiger partial charge in [0.15, 0.2) is 0 Å². The SMILES string of the molecule is CC.CCONC(=O)c1c(Nc2ccc(C)cc2F)c(C)c(=O)n2c1CCC2. The van der Waals surface area contributed by atoms with Crippen LogP contribution in [0.1, 0.15) is 54.4 Å². The predicted molar refractivity (Wildman–Crippen MR) is 109 cm³/mol. The number of nitrogens with zero attached hydrogens (tertiary/aromatic N) is 1. The molecule has 3 rings (SSSR count). The highest BCUT2D eigenvalue weighted by Gasteiger charge is 2.27. The molecular weight excluding hydrogens is 361 g/mol. The zero-order valence-electron chi connectivity index (χ0n) is 17.1. The molecule has 1 amide bonds. The topological polar surface area (TPSA) is 72.4 Å². The summed E-state index contributed by atoms with van der Waals surface area (Å²) in [5, 5.41) is 2.96. The first-order chi connectivity index (χ1) is 13.4. The molecule has 6 nitrogen and oxygen atoms in total. The van der Waals surface area contributed by atoms with E-state index in [1.54, 1.807) is 37.5 Å². The van der Waals surface area contributed by atoms with Crippen molar-refractivity contribution in [1.29, 1.82) is 0 Å². The molecule has 0 saturated heterocycles. The van der Waals surface area contributed by atoms with Crippen molar-refractivity contribution in [2.75, 3.05) is 11.9 Å². The molecule has 0 radical (unpaired) electrons. The van der Waals surface area contributed by atoms with E-state index in [0.717, 1.165) is 12.0 Å². The smallest absolute Gasteiger partial charge is 0.278 e. The Kier molecular flexibility index (Phi) is 7.34. The molecule has 1 aliphatic rings. The third kappa shape index (κ3) is 4.25. The summed E-state index contributed by atoms with van der Waals surface area (Å²) >= 11 is 0. The van der Waals surface area contributed by atoms with Gasteiger partial charge in [0, 0.05) is 17.8 Å². The summed E-state index contributed by atoms with van der Waals surface area (Å²) < 4.78 is 15.9. The lowest BCUT2D eigenvalue weighted by atomic mass is 10.0. The fourth-order valence-corrected chi connectivity index (χ4v) is 3.25. The number of aromatic nitrogens is 1. The van der Waals surface area contributed by atoms with Gasteiger partial charge in [0.25, 0.3) is 11.5 Å². The molecule has 0 spiro atoms. The Balaban J connectivity index is 0.00000136.